The van der Waals surface area contributed by atoms with Gasteiger partial charge in [-0.05, 0) is 12.3 Å². The lowest BCUT2D eigenvalue weighted by molar-refractivity contribution is -0.142. The maximum Gasteiger partial charge on any atom is 0.326 e. The Balaban J connectivity index is 4.28. The molecule has 5 nitrogen and oxygen atoms in total. The molecule has 0 fully saturated rings. The normalized spacial score (nSPS) is 16.5. The van der Waals surface area contributed by atoms with Crippen molar-refractivity contribution in [1.82, 2.24) is 5.32 Å². The third-order valence-corrected chi connectivity index (χ3v) is 2.58. The monoisotopic (exact) mass is 216 g/mol. The van der Waals surface area contributed by atoms with Gasteiger partial charge in [0, 0.05) is 0 Å². The highest BCUT2D eigenvalue weighted by Gasteiger charge is 2.24. The second kappa shape index (κ2) is 6.40. The molecule has 0 aromatic carbocycles. The van der Waals surface area contributed by atoms with Crippen LogP contribution in [0.3, 0.4) is 0 Å². The van der Waals surface area contributed by atoms with Crippen LogP contribution in [0, 0.1) is 5.92 Å². The van der Waals surface area contributed by atoms with Crippen LogP contribution in [-0.4, -0.2) is 29.1 Å². The number of carbonyl (C=O) groups excluding carboxylic acids is 1. The molecule has 3 atom stereocenters. The number of amides is 1. The summed E-state index contributed by atoms with van der Waals surface area (Å²) in [5.74, 6) is -1.36. The fourth-order valence-electron chi connectivity index (χ4n) is 1.12. The van der Waals surface area contributed by atoms with E-state index in [0.717, 1.165) is 6.42 Å². The Hall–Kier alpha value is -1.10. The van der Waals surface area contributed by atoms with E-state index in [9.17, 15) is 9.59 Å². The van der Waals surface area contributed by atoms with Crippen LogP contribution in [-0.2, 0) is 9.59 Å². The molecule has 5 heteroatoms. The van der Waals surface area contributed by atoms with Crippen molar-refractivity contribution in [2.45, 2.75) is 45.7 Å². The number of carboxylic acids is 1. The molecule has 0 aromatic rings. The number of hydrogen-bond acceptors (Lipinski definition) is 3. The van der Waals surface area contributed by atoms with Gasteiger partial charge in [0.2, 0.25) is 5.91 Å². The lowest BCUT2D eigenvalue weighted by Gasteiger charge is -2.20. The molecule has 0 saturated heterocycles. The molecule has 4 N–H and O–H groups in total. The Morgan fingerprint density at radius 2 is 1.87 bits per heavy atom. The second-order valence-electron chi connectivity index (χ2n) is 3.72. The van der Waals surface area contributed by atoms with E-state index in [1.54, 1.807) is 6.92 Å². The number of hydrogen-bond donors (Lipinski definition) is 3. The van der Waals surface area contributed by atoms with Crippen molar-refractivity contribution in [3.63, 3.8) is 0 Å². The zero-order chi connectivity index (χ0) is 12.0. The molecular weight excluding hydrogens is 196 g/mol. The first-order valence-electron chi connectivity index (χ1n) is 5.22. The predicted molar refractivity (Wildman–Crippen MR) is 57.3 cm³/mol. The summed E-state index contributed by atoms with van der Waals surface area (Å²) in [7, 11) is 0. The van der Waals surface area contributed by atoms with Crippen LogP contribution in [0.1, 0.15) is 33.6 Å². The SMILES string of the molecule is CCC(C)[C@H](N)C(=O)N[C@@H](CC)C(=O)O. The summed E-state index contributed by atoms with van der Waals surface area (Å²) >= 11 is 0. The second-order valence-corrected chi connectivity index (χ2v) is 3.72. The lowest BCUT2D eigenvalue weighted by atomic mass is 9.99. The van der Waals surface area contributed by atoms with Crippen LogP contribution >= 0.6 is 0 Å². The Morgan fingerprint density at radius 1 is 1.33 bits per heavy atom. The van der Waals surface area contributed by atoms with Crippen LogP contribution in [0.15, 0.2) is 0 Å². The van der Waals surface area contributed by atoms with Crippen molar-refractivity contribution in [3.05, 3.63) is 0 Å². The summed E-state index contributed by atoms with van der Waals surface area (Å²) in [5, 5.41) is 11.2. The molecule has 1 unspecified atom stereocenters. The first kappa shape index (κ1) is 13.9. The fraction of sp³-hybridized carbons (Fsp3) is 0.800. The Morgan fingerprint density at radius 3 is 2.20 bits per heavy atom. The highest BCUT2D eigenvalue weighted by atomic mass is 16.4. The minimum absolute atomic E-state index is 0.0521. The number of carbonyl (C=O) groups is 2. The molecule has 1 amide bonds. The molecule has 15 heavy (non-hydrogen) atoms. The molecule has 0 rings (SSSR count). The number of carboxylic acid groups (broad SMARTS) is 1. The van der Waals surface area contributed by atoms with Gasteiger partial charge in [-0.15, -0.1) is 0 Å². The van der Waals surface area contributed by atoms with Gasteiger partial charge in [0.15, 0.2) is 0 Å². The molecule has 0 heterocycles. The number of rotatable bonds is 6. The van der Waals surface area contributed by atoms with Gasteiger partial charge in [0.1, 0.15) is 6.04 Å². The van der Waals surface area contributed by atoms with Crippen LogP contribution in [0.4, 0.5) is 0 Å². The van der Waals surface area contributed by atoms with Crippen molar-refractivity contribution in [2.75, 3.05) is 0 Å². The molecule has 0 saturated carbocycles. The van der Waals surface area contributed by atoms with Crippen LogP contribution in [0.2, 0.25) is 0 Å². The zero-order valence-corrected chi connectivity index (χ0v) is 9.49. The van der Waals surface area contributed by atoms with Gasteiger partial charge in [0.25, 0.3) is 0 Å². The number of nitrogens with one attached hydrogen (secondary N) is 1. The minimum Gasteiger partial charge on any atom is -0.480 e. The maximum atomic E-state index is 11.5. The smallest absolute Gasteiger partial charge is 0.326 e. The molecule has 0 aliphatic rings. The fourth-order valence-corrected chi connectivity index (χ4v) is 1.12. The van der Waals surface area contributed by atoms with Crippen LogP contribution in [0.25, 0.3) is 0 Å². The molecule has 0 bridgehead atoms. The molecule has 0 aliphatic carbocycles. The molecular formula is C10H20N2O3. The van der Waals surface area contributed by atoms with Crippen molar-refractivity contribution in [1.29, 1.82) is 0 Å². The number of nitrogens with two attached hydrogens (primary N) is 1. The Labute approximate surface area is 90.0 Å². The third kappa shape index (κ3) is 4.29. The van der Waals surface area contributed by atoms with E-state index in [4.69, 9.17) is 10.8 Å². The van der Waals surface area contributed by atoms with Crippen molar-refractivity contribution < 1.29 is 14.7 Å². The predicted octanol–water partition coefficient (Wildman–Crippen LogP) is 0.339. The van der Waals surface area contributed by atoms with Gasteiger partial charge in [0.05, 0.1) is 6.04 Å². The van der Waals surface area contributed by atoms with E-state index < -0.39 is 24.0 Å². The number of aliphatic carboxylic acids is 1. The highest BCUT2D eigenvalue weighted by Crippen LogP contribution is 2.05. The topological polar surface area (TPSA) is 92.4 Å². The van der Waals surface area contributed by atoms with E-state index in [2.05, 4.69) is 5.32 Å². The van der Waals surface area contributed by atoms with Gasteiger partial charge >= 0.3 is 5.97 Å². The molecule has 0 spiro atoms. The average Bonchev–Trinajstić information content (AvgIpc) is 2.22. The van der Waals surface area contributed by atoms with Crippen molar-refractivity contribution in [3.8, 4) is 0 Å². The maximum absolute atomic E-state index is 11.5. The Kier molecular flexibility index (Phi) is 5.93. The highest BCUT2D eigenvalue weighted by molar-refractivity contribution is 5.86. The first-order chi connectivity index (χ1) is 6.93. The van der Waals surface area contributed by atoms with Crippen LogP contribution < -0.4 is 11.1 Å². The minimum atomic E-state index is -1.03. The van der Waals surface area contributed by atoms with Crippen LogP contribution in [0.5, 0.6) is 0 Å². The standard InChI is InChI=1S/C10H20N2O3/c1-4-6(3)8(11)9(13)12-7(5-2)10(14)15/h6-8H,4-5,11H2,1-3H3,(H,12,13)(H,14,15)/t6?,7-,8-/m0/s1. The summed E-state index contributed by atoms with van der Waals surface area (Å²) in [6.07, 6.45) is 1.15. The molecule has 88 valence electrons. The Bertz CT molecular complexity index is 231. The summed E-state index contributed by atoms with van der Waals surface area (Å²) in [6.45, 7) is 5.51. The third-order valence-electron chi connectivity index (χ3n) is 2.58. The van der Waals surface area contributed by atoms with E-state index in [1.165, 1.54) is 0 Å². The molecule has 0 aliphatic heterocycles. The summed E-state index contributed by atoms with van der Waals surface area (Å²) in [5.41, 5.74) is 5.67. The van der Waals surface area contributed by atoms with Gasteiger partial charge in [-0.3, -0.25) is 4.79 Å². The molecule has 0 radical (unpaired) electrons. The van der Waals surface area contributed by atoms with Crippen molar-refractivity contribution in [2.24, 2.45) is 11.7 Å². The van der Waals surface area contributed by atoms with E-state index in [-0.39, 0.29) is 5.92 Å². The average molecular weight is 216 g/mol. The summed E-state index contributed by atoms with van der Waals surface area (Å²) < 4.78 is 0. The summed E-state index contributed by atoms with van der Waals surface area (Å²) in [6, 6.07) is -1.48. The van der Waals surface area contributed by atoms with E-state index in [0.29, 0.717) is 6.42 Å². The lowest BCUT2D eigenvalue weighted by Crippen LogP contribution is -2.50. The van der Waals surface area contributed by atoms with E-state index in [1.807, 2.05) is 13.8 Å². The molecule has 0 aromatic heterocycles. The van der Waals surface area contributed by atoms with Gasteiger partial charge in [-0.25, -0.2) is 4.79 Å². The van der Waals surface area contributed by atoms with Gasteiger partial charge < -0.3 is 16.2 Å². The van der Waals surface area contributed by atoms with Crippen molar-refractivity contribution >= 4 is 11.9 Å². The first-order valence-corrected chi connectivity index (χ1v) is 5.22. The van der Waals surface area contributed by atoms with E-state index >= 15 is 0 Å². The van der Waals surface area contributed by atoms with Gasteiger partial charge in [-0.2, -0.15) is 0 Å². The summed E-state index contributed by atoms with van der Waals surface area (Å²) in [4.78, 5) is 22.2. The zero-order valence-electron chi connectivity index (χ0n) is 9.49. The largest absolute Gasteiger partial charge is 0.480 e. The van der Waals surface area contributed by atoms with Gasteiger partial charge in [-0.1, -0.05) is 27.2 Å². The quantitative estimate of drug-likeness (QED) is 0.597.